The summed E-state index contributed by atoms with van der Waals surface area (Å²) in [6, 6.07) is 0. The Bertz CT molecular complexity index is 352. The smallest absolute Gasteiger partial charge is 0.142 e. The first kappa shape index (κ1) is 17.5. The quantitative estimate of drug-likeness (QED) is 0.315. The first-order chi connectivity index (χ1) is 10.8. The van der Waals surface area contributed by atoms with Gasteiger partial charge in [-0.3, -0.25) is 4.79 Å². The van der Waals surface area contributed by atoms with Crippen molar-refractivity contribution in [2.24, 2.45) is 23.7 Å². The number of allylic oxidation sites excluding steroid dienone is 4. The molecule has 0 aromatic heterocycles. The summed E-state index contributed by atoms with van der Waals surface area (Å²) in [7, 11) is 0. The summed E-state index contributed by atoms with van der Waals surface area (Å²) in [6.07, 6.45) is 24.6. The van der Waals surface area contributed by atoms with Gasteiger partial charge in [-0.05, 0) is 94.0 Å². The molecule has 2 fully saturated rings. The number of aldehydes is 1. The van der Waals surface area contributed by atoms with Crippen LogP contribution in [0.1, 0.15) is 77.6 Å². The molecule has 0 saturated heterocycles. The molecule has 0 aliphatic heterocycles. The van der Waals surface area contributed by atoms with Gasteiger partial charge in [0.25, 0.3) is 0 Å². The van der Waals surface area contributed by atoms with Crippen molar-refractivity contribution < 1.29 is 4.79 Å². The molecule has 2 aliphatic carbocycles. The van der Waals surface area contributed by atoms with Crippen molar-refractivity contribution in [1.29, 1.82) is 0 Å². The predicted octanol–water partition coefficient (Wildman–Crippen LogP) is 6.10. The van der Waals surface area contributed by atoms with Crippen molar-refractivity contribution in [1.82, 2.24) is 0 Å². The molecule has 0 bridgehead atoms. The van der Waals surface area contributed by atoms with Crippen LogP contribution in [0.2, 0.25) is 0 Å². The Labute approximate surface area is 137 Å². The minimum absolute atomic E-state index is 0.839. The maximum Gasteiger partial charge on any atom is 0.142 e. The minimum atomic E-state index is 0.839. The fraction of sp³-hybridized carbons (Fsp3) is 0.762. The highest BCUT2D eigenvalue weighted by atomic mass is 16.1. The number of hydrogen-bond donors (Lipinski definition) is 0. The van der Waals surface area contributed by atoms with E-state index in [9.17, 15) is 4.79 Å². The molecule has 1 nitrogen and oxygen atoms in total. The highest BCUT2D eigenvalue weighted by Crippen LogP contribution is 2.35. The second-order valence-electron chi connectivity index (χ2n) is 7.50. The van der Waals surface area contributed by atoms with Crippen LogP contribution in [-0.4, -0.2) is 6.29 Å². The summed E-state index contributed by atoms with van der Waals surface area (Å²) < 4.78 is 0. The zero-order valence-electron chi connectivity index (χ0n) is 14.4. The van der Waals surface area contributed by atoms with Crippen LogP contribution in [0.4, 0.5) is 0 Å². The van der Waals surface area contributed by atoms with E-state index in [0.717, 1.165) is 36.4 Å². The fourth-order valence-electron chi connectivity index (χ4n) is 4.26. The van der Waals surface area contributed by atoms with Crippen LogP contribution < -0.4 is 0 Å². The molecule has 0 aromatic rings. The third kappa shape index (κ3) is 6.10. The summed E-state index contributed by atoms with van der Waals surface area (Å²) >= 11 is 0. The Hall–Kier alpha value is -0.850. The number of carbonyl (C=O) groups is 1. The fourth-order valence-corrected chi connectivity index (χ4v) is 4.26. The van der Waals surface area contributed by atoms with Crippen LogP contribution in [0.25, 0.3) is 0 Å². The maximum absolute atomic E-state index is 10.2. The van der Waals surface area contributed by atoms with E-state index in [-0.39, 0.29) is 0 Å². The van der Waals surface area contributed by atoms with E-state index in [1.165, 1.54) is 64.2 Å². The first-order valence-corrected chi connectivity index (χ1v) is 9.60. The molecule has 0 heterocycles. The van der Waals surface area contributed by atoms with E-state index in [1.54, 1.807) is 6.08 Å². The van der Waals surface area contributed by atoms with Crippen LogP contribution in [0, 0.1) is 23.7 Å². The summed E-state index contributed by atoms with van der Waals surface area (Å²) in [6.45, 7) is 2.34. The van der Waals surface area contributed by atoms with Crippen LogP contribution in [-0.2, 0) is 4.79 Å². The monoisotopic (exact) mass is 302 g/mol. The molecule has 124 valence electrons. The van der Waals surface area contributed by atoms with Crippen molar-refractivity contribution in [3.05, 3.63) is 24.3 Å². The summed E-state index contributed by atoms with van der Waals surface area (Å²) in [5.74, 6) is 3.61. The van der Waals surface area contributed by atoms with Crippen molar-refractivity contribution in [3.8, 4) is 0 Å². The highest BCUT2D eigenvalue weighted by Gasteiger charge is 2.21. The van der Waals surface area contributed by atoms with Gasteiger partial charge in [0, 0.05) is 0 Å². The third-order valence-electron chi connectivity index (χ3n) is 5.97. The standard InChI is InChI=1S/C21H34O/c1-2-18-7-9-20(10-8-18)15-16-21-13-11-19(12-14-21)6-4-3-5-17-22/h3,5,15-21H,2,4,6-14H2,1H3. The zero-order valence-corrected chi connectivity index (χ0v) is 14.4. The van der Waals surface area contributed by atoms with E-state index in [1.807, 2.05) is 6.08 Å². The number of hydrogen-bond acceptors (Lipinski definition) is 1. The molecule has 0 unspecified atom stereocenters. The van der Waals surface area contributed by atoms with Gasteiger partial charge in [-0.1, -0.05) is 31.6 Å². The van der Waals surface area contributed by atoms with Crippen molar-refractivity contribution in [2.75, 3.05) is 0 Å². The number of rotatable bonds is 7. The summed E-state index contributed by atoms with van der Waals surface area (Å²) in [5.41, 5.74) is 0. The molecule has 2 aliphatic rings. The largest absolute Gasteiger partial charge is 0.299 e. The first-order valence-electron chi connectivity index (χ1n) is 9.60. The Morgan fingerprint density at radius 2 is 1.36 bits per heavy atom. The molecule has 0 amide bonds. The molecule has 1 heteroatoms. The van der Waals surface area contributed by atoms with Gasteiger partial charge in [-0.25, -0.2) is 0 Å². The van der Waals surface area contributed by atoms with Gasteiger partial charge in [-0.15, -0.1) is 0 Å². The second-order valence-corrected chi connectivity index (χ2v) is 7.50. The molecule has 0 radical (unpaired) electrons. The molecule has 0 atom stereocenters. The molecule has 22 heavy (non-hydrogen) atoms. The Balaban J connectivity index is 1.61. The minimum Gasteiger partial charge on any atom is -0.299 e. The zero-order chi connectivity index (χ0) is 15.6. The summed E-state index contributed by atoms with van der Waals surface area (Å²) in [4.78, 5) is 10.2. The SMILES string of the molecule is CCC1CCC(C=CC2CCC(CCC=CC=O)CC2)CC1. The van der Waals surface area contributed by atoms with Gasteiger partial charge in [0.1, 0.15) is 6.29 Å². The molecule has 2 saturated carbocycles. The lowest BCUT2D eigenvalue weighted by atomic mass is 9.78. The van der Waals surface area contributed by atoms with E-state index < -0.39 is 0 Å². The van der Waals surface area contributed by atoms with Gasteiger partial charge >= 0.3 is 0 Å². The van der Waals surface area contributed by atoms with Gasteiger partial charge < -0.3 is 0 Å². The van der Waals surface area contributed by atoms with E-state index in [4.69, 9.17) is 0 Å². The van der Waals surface area contributed by atoms with E-state index in [2.05, 4.69) is 19.1 Å². The lowest BCUT2D eigenvalue weighted by molar-refractivity contribution is -0.104. The molecular formula is C21H34O. The van der Waals surface area contributed by atoms with Crippen molar-refractivity contribution >= 4 is 6.29 Å². The predicted molar refractivity (Wildman–Crippen MR) is 94.8 cm³/mol. The summed E-state index contributed by atoms with van der Waals surface area (Å²) in [5, 5.41) is 0. The molecular weight excluding hydrogens is 268 g/mol. The van der Waals surface area contributed by atoms with E-state index >= 15 is 0 Å². The van der Waals surface area contributed by atoms with Crippen molar-refractivity contribution in [3.63, 3.8) is 0 Å². The lowest BCUT2D eigenvalue weighted by Gasteiger charge is -2.28. The maximum atomic E-state index is 10.2. The van der Waals surface area contributed by atoms with Crippen LogP contribution in [0.3, 0.4) is 0 Å². The van der Waals surface area contributed by atoms with Crippen molar-refractivity contribution in [2.45, 2.75) is 77.6 Å². The molecule has 2 rings (SSSR count). The molecule has 0 spiro atoms. The third-order valence-corrected chi connectivity index (χ3v) is 5.97. The van der Waals surface area contributed by atoms with Gasteiger partial charge in [0.2, 0.25) is 0 Å². The topological polar surface area (TPSA) is 17.1 Å². The van der Waals surface area contributed by atoms with Crippen LogP contribution in [0.15, 0.2) is 24.3 Å². The molecule has 0 aromatic carbocycles. The lowest BCUT2D eigenvalue weighted by Crippen LogP contribution is -2.14. The Morgan fingerprint density at radius 1 is 0.818 bits per heavy atom. The number of carbonyl (C=O) groups excluding carboxylic acids is 1. The van der Waals surface area contributed by atoms with Gasteiger partial charge in [-0.2, -0.15) is 0 Å². The van der Waals surface area contributed by atoms with Gasteiger partial charge in [0.15, 0.2) is 0 Å². The highest BCUT2D eigenvalue weighted by molar-refractivity contribution is 5.64. The van der Waals surface area contributed by atoms with Crippen LogP contribution in [0.5, 0.6) is 0 Å². The second kappa shape index (κ2) is 10.0. The molecule has 0 N–H and O–H groups in total. The Morgan fingerprint density at radius 3 is 1.86 bits per heavy atom. The van der Waals surface area contributed by atoms with E-state index in [0.29, 0.717) is 0 Å². The average Bonchev–Trinajstić information content (AvgIpc) is 2.58. The average molecular weight is 303 g/mol. The van der Waals surface area contributed by atoms with Gasteiger partial charge in [0.05, 0.1) is 0 Å². The van der Waals surface area contributed by atoms with Crippen LogP contribution >= 0.6 is 0 Å². The Kier molecular flexibility index (Phi) is 7.98. The normalized spacial score (nSPS) is 33.5.